The predicted molar refractivity (Wildman–Crippen MR) is 95.6 cm³/mol. The molecule has 0 saturated carbocycles. The lowest BCUT2D eigenvalue weighted by Crippen LogP contribution is -2.45. The fourth-order valence-corrected chi connectivity index (χ4v) is 3.31. The number of hydrogen-bond acceptors (Lipinski definition) is 8. The van der Waals surface area contributed by atoms with E-state index in [1.807, 2.05) is 12.1 Å². The summed E-state index contributed by atoms with van der Waals surface area (Å²) in [5.41, 5.74) is 1.39. The van der Waals surface area contributed by atoms with E-state index in [9.17, 15) is 4.79 Å². The molecule has 0 bridgehead atoms. The summed E-state index contributed by atoms with van der Waals surface area (Å²) in [5.74, 6) is 0.764. The van der Waals surface area contributed by atoms with Gasteiger partial charge in [0.25, 0.3) is 0 Å². The molecule has 3 heterocycles. The highest BCUT2D eigenvalue weighted by Gasteiger charge is 2.40. The van der Waals surface area contributed by atoms with E-state index >= 15 is 0 Å². The average Bonchev–Trinajstić information content (AvgIpc) is 3.11. The first kappa shape index (κ1) is 16.9. The molecule has 0 amide bonds. The Morgan fingerprint density at radius 3 is 2.73 bits per heavy atom. The van der Waals surface area contributed by atoms with Crippen molar-refractivity contribution in [3.63, 3.8) is 0 Å². The summed E-state index contributed by atoms with van der Waals surface area (Å²) in [6, 6.07) is 7.24. The van der Waals surface area contributed by atoms with E-state index in [1.54, 1.807) is 25.3 Å². The Morgan fingerprint density at radius 2 is 2.00 bits per heavy atom. The average molecular weight is 355 g/mol. The van der Waals surface area contributed by atoms with Crippen LogP contribution in [-0.2, 0) is 9.47 Å². The molecule has 0 radical (unpaired) electrons. The number of nitrogens with one attached hydrogen (secondary N) is 1. The fraction of sp³-hybridized carbons (Fsp3) is 0.444. The van der Waals surface area contributed by atoms with Gasteiger partial charge in [0.05, 0.1) is 19.4 Å². The van der Waals surface area contributed by atoms with Gasteiger partial charge in [0.1, 0.15) is 0 Å². The van der Waals surface area contributed by atoms with Crippen molar-refractivity contribution in [2.75, 3.05) is 36.5 Å². The number of ether oxygens (including phenoxy) is 2. The third kappa shape index (κ3) is 3.51. The topological polar surface area (TPSA) is 89.5 Å². The van der Waals surface area contributed by atoms with E-state index in [2.05, 4.69) is 25.4 Å². The molecule has 2 saturated heterocycles. The molecule has 0 unspecified atom stereocenters. The quantitative estimate of drug-likeness (QED) is 0.835. The monoisotopic (exact) mass is 355 g/mol. The molecule has 26 heavy (non-hydrogen) atoms. The number of benzene rings is 1. The van der Waals surface area contributed by atoms with E-state index in [1.165, 1.54) is 0 Å². The normalized spacial score (nSPS) is 18.9. The van der Waals surface area contributed by atoms with Gasteiger partial charge in [-0.25, -0.2) is 0 Å². The van der Waals surface area contributed by atoms with Crippen molar-refractivity contribution < 1.29 is 14.3 Å². The maximum Gasteiger partial charge on any atom is 0.249 e. The third-order valence-electron chi connectivity index (χ3n) is 4.73. The molecule has 136 valence electrons. The van der Waals surface area contributed by atoms with Crippen LogP contribution in [-0.4, -0.2) is 53.1 Å². The lowest BCUT2D eigenvalue weighted by molar-refractivity contribution is -0.169. The first-order valence-corrected chi connectivity index (χ1v) is 8.74. The molecule has 8 heteroatoms. The zero-order chi connectivity index (χ0) is 18.0. The minimum absolute atomic E-state index is 0.0139. The zero-order valence-electron chi connectivity index (χ0n) is 14.6. The molecule has 8 nitrogen and oxygen atoms in total. The Labute approximate surface area is 151 Å². The number of hydrogen-bond donors (Lipinski definition) is 1. The van der Waals surface area contributed by atoms with Gasteiger partial charge in [0.15, 0.2) is 17.4 Å². The number of rotatable bonds is 4. The van der Waals surface area contributed by atoms with Crippen LogP contribution in [0.15, 0.2) is 30.5 Å². The number of nitrogens with zero attached hydrogens (tertiary/aromatic N) is 4. The van der Waals surface area contributed by atoms with Crippen molar-refractivity contribution in [3.8, 4) is 0 Å². The van der Waals surface area contributed by atoms with Crippen LogP contribution in [0.4, 0.5) is 17.5 Å². The number of ketones is 1. The van der Waals surface area contributed by atoms with Gasteiger partial charge in [-0.1, -0.05) is 12.1 Å². The number of piperidine rings is 1. The molecule has 2 fully saturated rings. The lowest BCUT2D eigenvalue weighted by Gasteiger charge is -2.37. The van der Waals surface area contributed by atoms with Gasteiger partial charge >= 0.3 is 0 Å². The number of aromatic nitrogens is 3. The third-order valence-corrected chi connectivity index (χ3v) is 4.73. The second-order valence-electron chi connectivity index (χ2n) is 6.49. The molecule has 0 atom stereocenters. The molecule has 1 aromatic carbocycles. The van der Waals surface area contributed by atoms with Gasteiger partial charge in [0, 0.05) is 37.2 Å². The van der Waals surface area contributed by atoms with Crippen LogP contribution in [0.25, 0.3) is 0 Å². The molecule has 1 aromatic heterocycles. The van der Waals surface area contributed by atoms with Crippen molar-refractivity contribution in [1.82, 2.24) is 15.2 Å². The zero-order valence-corrected chi connectivity index (χ0v) is 14.6. The minimum atomic E-state index is -0.412. The summed E-state index contributed by atoms with van der Waals surface area (Å²) < 4.78 is 11.5. The smallest absolute Gasteiger partial charge is 0.249 e. The van der Waals surface area contributed by atoms with E-state index in [-0.39, 0.29) is 5.78 Å². The van der Waals surface area contributed by atoms with Crippen LogP contribution >= 0.6 is 0 Å². The lowest BCUT2D eigenvalue weighted by atomic mass is 10.0. The van der Waals surface area contributed by atoms with E-state index in [0.717, 1.165) is 37.4 Å². The van der Waals surface area contributed by atoms with Gasteiger partial charge in [0.2, 0.25) is 5.95 Å². The van der Waals surface area contributed by atoms with Gasteiger partial charge in [-0.15, -0.1) is 5.10 Å². The Bertz CT molecular complexity index is 797. The van der Waals surface area contributed by atoms with Crippen LogP contribution in [0.5, 0.6) is 0 Å². The molecule has 2 aliphatic heterocycles. The molecule has 0 aliphatic carbocycles. The van der Waals surface area contributed by atoms with E-state index in [0.29, 0.717) is 24.7 Å². The van der Waals surface area contributed by atoms with Crippen molar-refractivity contribution >= 4 is 23.2 Å². The van der Waals surface area contributed by atoms with Gasteiger partial charge in [-0.3, -0.25) is 4.79 Å². The van der Waals surface area contributed by atoms with Crippen LogP contribution in [0.1, 0.15) is 30.1 Å². The standard InChI is InChI=1S/C18H21N5O3/c1-13(24)14-3-2-4-15(11-14)20-17-21-16(12-19-22-17)23-7-5-18(6-8-23)25-9-10-26-18/h2-4,11-12H,5-10H2,1H3,(H,20,21,22). The van der Waals surface area contributed by atoms with Crippen molar-refractivity contribution in [3.05, 3.63) is 36.0 Å². The highest BCUT2D eigenvalue weighted by molar-refractivity contribution is 5.95. The van der Waals surface area contributed by atoms with Crippen molar-refractivity contribution in [1.29, 1.82) is 0 Å². The summed E-state index contributed by atoms with van der Waals surface area (Å²) in [4.78, 5) is 18.2. The second-order valence-corrected chi connectivity index (χ2v) is 6.49. The highest BCUT2D eigenvalue weighted by atomic mass is 16.7. The maximum absolute atomic E-state index is 11.5. The summed E-state index contributed by atoms with van der Waals surface area (Å²) in [6.45, 7) is 4.46. The number of anilines is 3. The predicted octanol–water partition coefficient (Wildman–Crippen LogP) is 2.16. The van der Waals surface area contributed by atoms with E-state index < -0.39 is 5.79 Å². The van der Waals surface area contributed by atoms with Gasteiger partial charge < -0.3 is 19.7 Å². The number of Topliss-reactive ketones (excluding diaryl/α,β-unsaturated/α-hetero) is 1. The molecule has 2 aliphatic rings. The summed E-state index contributed by atoms with van der Waals surface area (Å²) >= 11 is 0. The van der Waals surface area contributed by atoms with Gasteiger partial charge in [-0.05, 0) is 19.1 Å². The van der Waals surface area contributed by atoms with Crippen LogP contribution in [0, 0.1) is 0 Å². The van der Waals surface area contributed by atoms with Crippen molar-refractivity contribution in [2.24, 2.45) is 0 Å². The second kappa shape index (κ2) is 6.97. The summed E-state index contributed by atoms with van der Waals surface area (Å²) in [7, 11) is 0. The highest BCUT2D eigenvalue weighted by Crippen LogP contribution is 2.32. The summed E-state index contributed by atoms with van der Waals surface area (Å²) in [6.07, 6.45) is 3.27. The SMILES string of the molecule is CC(=O)c1cccc(Nc2nncc(N3CCC4(CC3)OCCO4)n2)c1. The Hall–Kier alpha value is -2.58. The first-order valence-electron chi connectivity index (χ1n) is 8.74. The Morgan fingerprint density at radius 1 is 1.23 bits per heavy atom. The van der Waals surface area contributed by atoms with Crippen LogP contribution in [0.2, 0.25) is 0 Å². The molecular formula is C18H21N5O3. The molecule has 4 rings (SSSR count). The maximum atomic E-state index is 11.5. The van der Waals surface area contributed by atoms with E-state index in [4.69, 9.17) is 9.47 Å². The fourth-order valence-electron chi connectivity index (χ4n) is 3.31. The molecular weight excluding hydrogens is 334 g/mol. The van der Waals surface area contributed by atoms with Crippen molar-refractivity contribution in [2.45, 2.75) is 25.6 Å². The van der Waals surface area contributed by atoms with Crippen LogP contribution < -0.4 is 10.2 Å². The largest absolute Gasteiger partial charge is 0.355 e. The number of carbonyl (C=O) groups excluding carboxylic acids is 1. The Balaban J connectivity index is 1.45. The summed E-state index contributed by atoms with van der Waals surface area (Å²) in [5, 5.41) is 11.2. The van der Waals surface area contributed by atoms with Crippen LogP contribution in [0.3, 0.4) is 0 Å². The molecule has 1 N–H and O–H groups in total. The molecule has 1 spiro atoms. The Kier molecular flexibility index (Phi) is 4.52. The first-order chi connectivity index (χ1) is 12.6. The number of carbonyl (C=O) groups is 1. The van der Waals surface area contributed by atoms with Gasteiger partial charge in [-0.2, -0.15) is 10.1 Å². The minimum Gasteiger partial charge on any atom is -0.355 e. The molecule has 2 aromatic rings.